The Balaban J connectivity index is 2.79. The minimum atomic E-state index is -3.03. The Hall–Kier alpha value is -1.11. The molecule has 0 spiro atoms. The molecule has 0 saturated heterocycles. The number of anilines is 1. The fourth-order valence-electron chi connectivity index (χ4n) is 1.55. The van der Waals surface area contributed by atoms with Gasteiger partial charge in [0.2, 0.25) is 5.91 Å². The first-order valence-corrected chi connectivity index (χ1v) is 7.06. The SMILES string of the molecule is CCNCC(C)C(=O)Nc1cc(Cl)c(OC(F)F)c(Cl)c1. The fourth-order valence-corrected chi connectivity index (χ4v) is 2.13. The third-order valence-corrected chi connectivity index (χ3v) is 3.18. The highest BCUT2D eigenvalue weighted by atomic mass is 35.5. The van der Waals surface area contributed by atoms with Gasteiger partial charge in [-0.1, -0.05) is 37.0 Å². The Labute approximate surface area is 131 Å². The van der Waals surface area contributed by atoms with Gasteiger partial charge in [-0.05, 0) is 18.7 Å². The van der Waals surface area contributed by atoms with Gasteiger partial charge in [0, 0.05) is 18.2 Å². The van der Waals surface area contributed by atoms with Crippen LogP contribution in [-0.4, -0.2) is 25.6 Å². The average molecular weight is 341 g/mol. The summed E-state index contributed by atoms with van der Waals surface area (Å²) in [6, 6.07) is 2.62. The summed E-state index contributed by atoms with van der Waals surface area (Å²) in [4.78, 5) is 11.9. The second-order valence-corrected chi connectivity index (χ2v) is 5.16. The fraction of sp³-hybridized carbons (Fsp3) is 0.462. The lowest BCUT2D eigenvalue weighted by molar-refractivity contribution is -0.119. The summed E-state index contributed by atoms with van der Waals surface area (Å²) in [5.41, 5.74) is 0.319. The van der Waals surface area contributed by atoms with Crippen LogP contribution in [0.2, 0.25) is 10.0 Å². The summed E-state index contributed by atoms with van der Waals surface area (Å²) in [7, 11) is 0. The first kappa shape index (κ1) is 17.9. The van der Waals surface area contributed by atoms with E-state index in [1.807, 2.05) is 6.92 Å². The monoisotopic (exact) mass is 340 g/mol. The van der Waals surface area contributed by atoms with Crippen LogP contribution in [0.5, 0.6) is 5.75 Å². The van der Waals surface area contributed by atoms with Crippen molar-refractivity contribution in [3.8, 4) is 5.75 Å². The predicted octanol–water partition coefficient (Wildman–Crippen LogP) is 3.78. The number of nitrogens with one attached hydrogen (secondary N) is 2. The van der Waals surface area contributed by atoms with Gasteiger partial charge in [-0.25, -0.2) is 0 Å². The normalized spacial score (nSPS) is 12.3. The Kier molecular flexibility index (Phi) is 7.14. The van der Waals surface area contributed by atoms with Crippen LogP contribution in [0.25, 0.3) is 0 Å². The molecule has 4 nitrogen and oxygen atoms in total. The zero-order valence-electron chi connectivity index (χ0n) is 11.6. The van der Waals surface area contributed by atoms with Crippen LogP contribution in [0.15, 0.2) is 12.1 Å². The standard InChI is InChI=1S/C13H16Cl2F2N2O2/c1-3-18-6-7(2)12(20)19-8-4-9(14)11(10(15)5-8)21-13(16)17/h4-5,7,13,18H,3,6H2,1-2H3,(H,19,20). The molecule has 0 saturated carbocycles. The molecule has 0 aliphatic rings. The zero-order valence-corrected chi connectivity index (χ0v) is 13.1. The van der Waals surface area contributed by atoms with Crippen LogP contribution in [0.1, 0.15) is 13.8 Å². The van der Waals surface area contributed by atoms with Gasteiger partial charge in [0.15, 0.2) is 5.75 Å². The molecule has 0 heterocycles. The van der Waals surface area contributed by atoms with Gasteiger partial charge in [0.1, 0.15) is 0 Å². The summed E-state index contributed by atoms with van der Waals surface area (Å²) in [6.07, 6.45) is 0. The van der Waals surface area contributed by atoms with Crippen molar-refractivity contribution in [3.05, 3.63) is 22.2 Å². The van der Waals surface area contributed by atoms with Crippen molar-refractivity contribution in [2.75, 3.05) is 18.4 Å². The van der Waals surface area contributed by atoms with E-state index in [0.717, 1.165) is 6.54 Å². The van der Waals surface area contributed by atoms with Crippen molar-refractivity contribution in [1.29, 1.82) is 0 Å². The molecule has 0 radical (unpaired) electrons. The molecule has 0 aliphatic heterocycles. The molecule has 2 N–H and O–H groups in total. The number of halogens is 4. The van der Waals surface area contributed by atoms with Crippen LogP contribution in [0.4, 0.5) is 14.5 Å². The molecule has 118 valence electrons. The highest BCUT2D eigenvalue weighted by Gasteiger charge is 2.17. The summed E-state index contributed by atoms with van der Waals surface area (Å²) in [5.74, 6) is -0.808. The molecule has 21 heavy (non-hydrogen) atoms. The molecule has 1 atom stereocenters. The van der Waals surface area contributed by atoms with Crippen molar-refractivity contribution in [1.82, 2.24) is 5.32 Å². The van der Waals surface area contributed by atoms with Crippen molar-refractivity contribution in [2.24, 2.45) is 5.92 Å². The minimum absolute atomic E-state index is 0.0996. The number of hydrogen-bond acceptors (Lipinski definition) is 3. The van der Waals surface area contributed by atoms with Crippen LogP contribution in [-0.2, 0) is 4.79 Å². The van der Waals surface area contributed by atoms with E-state index >= 15 is 0 Å². The lowest BCUT2D eigenvalue weighted by Gasteiger charge is -2.14. The molecule has 0 aromatic heterocycles. The van der Waals surface area contributed by atoms with Gasteiger partial charge in [-0.15, -0.1) is 0 Å². The lowest BCUT2D eigenvalue weighted by atomic mass is 10.1. The molecule has 1 rings (SSSR count). The van der Waals surface area contributed by atoms with Crippen molar-refractivity contribution in [2.45, 2.75) is 20.5 Å². The molecule has 1 amide bonds. The number of ether oxygens (including phenoxy) is 1. The molecular weight excluding hydrogens is 325 g/mol. The second kappa shape index (κ2) is 8.36. The molecule has 0 fully saturated rings. The van der Waals surface area contributed by atoms with Crippen molar-refractivity contribution < 1.29 is 18.3 Å². The van der Waals surface area contributed by atoms with Gasteiger partial charge in [-0.2, -0.15) is 8.78 Å². The van der Waals surface area contributed by atoms with Gasteiger partial charge in [0.25, 0.3) is 0 Å². The first-order chi connectivity index (χ1) is 9.85. The molecule has 0 aliphatic carbocycles. The summed E-state index contributed by atoms with van der Waals surface area (Å²) < 4.78 is 28.6. The van der Waals surface area contributed by atoms with E-state index in [1.54, 1.807) is 6.92 Å². The maximum atomic E-state index is 12.2. The maximum Gasteiger partial charge on any atom is 0.387 e. The smallest absolute Gasteiger partial charge is 0.387 e. The van der Waals surface area contributed by atoms with Gasteiger partial charge in [0.05, 0.1) is 10.0 Å². The average Bonchev–Trinajstić information content (AvgIpc) is 2.39. The molecule has 8 heteroatoms. The van der Waals surface area contributed by atoms with E-state index in [-0.39, 0.29) is 27.6 Å². The number of alkyl halides is 2. The Morgan fingerprint density at radius 2 is 1.90 bits per heavy atom. The number of hydrogen-bond donors (Lipinski definition) is 2. The molecule has 1 aromatic rings. The molecular formula is C13H16Cl2F2N2O2. The minimum Gasteiger partial charge on any atom is -0.432 e. The third-order valence-electron chi connectivity index (χ3n) is 2.62. The van der Waals surface area contributed by atoms with E-state index in [9.17, 15) is 13.6 Å². The number of carbonyl (C=O) groups excluding carboxylic acids is 1. The Morgan fingerprint density at radius 1 is 1.33 bits per heavy atom. The molecule has 1 unspecified atom stereocenters. The van der Waals surface area contributed by atoms with E-state index < -0.39 is 6.61 Å². The van der Waals surface area contributed by atoms with Gasteiger partial charge in [-0.3, -0.25) is 4.79 Å². The highest BCUT2D eigenvalue weighted by molar-refractivity contribution is 6.37. The third kappa shape index (κ3) is 5.65. The van der Waals surface area contributed by atoms with E-state index in [0.29, 0.717) is 12.2 Å². The summed E-state index contributed by atoms with van der Waals surface area (Å²) >= 11 is 11.6. The topological polar surface area (TPSA) is 50.4 Å². The summed E-state index contributed by atoms with van der Waals surface area (Å²) in [6.45, 7) is 1.95. The largest absolute Gasteiger partial charge is 0.432 e. The molecule has 1 aromatic carbocycles. The van der Waals surface area contributed by atoms with Crippen LogP contribution in [0.3, 0.4) is 0 Å². The van der Waals surface area contributed by atoms with Crippen LogP contribution >= 0.6 is 23.2 Å². The van der Waals surface area contributed by atoms with E-state index in [2.05, 4.69) is 15.4 Å². The van der Waals surface area contributed by atoms with Crippen LogP contribution in [0, 0.1) is 5.92 Å². The van der Waals surface area contributed by atoms with Crippen LogP contribution < -0.4 is 15.4 Å². The zero-order chi connectivity index (χ0) is 16.0. The maximum absolute atomic E-state index is 12.2. The number of carbonyl (C=O) groups is 1. The van der Waals surface area contributed by atoms with E-state index in [4.69, 9.17) is 23.2 Å². The number of benzene rings is 1. The van der Waals surface area contributed by atoms with Crippen molar-refractivity contribution >= 4 is 34.8 Å². The molecule has 0 bridgehead atoms. The van der Waals surface area contributed by atoms with Crippen molar-refractivity contribution in [3.63, 3.8) is 0 Å². The van der Waals surface area contributed by atoms with E-state index in [1.165, 1.54) is 12.1 Å². The highest BCUT2D eigenvalue weighted by Crippen LogP contribution is 2.37. The predicted molar refractivity (Wildman–Crippen MR) is 79.4 cm³/mol. The Bertz CT molecular complexity index is 478. The van der Waals surface area contributed by atoms with Gasteiger partial charge >= 0.3 is 6.61 Å². The first-order valence-electron chi connectivity index (χ1n) is 6.30. The number of rotatable bonds is 7. The quantitative estimate of drug-likeness (QED) is 0.794. The Morgan fingerprint density at radius 3 is 2.38 bits per heavy atom. The van der Waals surface area contributed by atoms with Gasteiger partial charge < -0.3 is 15.4 Å². The second-order valence-electron chi connectivity index (χ2n) is 4.35. The number of amides is 1. The summed E-state index contributed by atoms with van der Waals surface area (Å²) in [5, 5.41) is 5.47. The lowest BCUT2D eigenvalue weighted by Crippen LogP contribution is -2.30.